The number of hydrogen-bond acceptors (Lipinski definition) is 7. The number of nitrogens with zero attached hydrogens (tertiary/aromatic N) is 3. The normalized spacial score (nSPS) is 10.9. The molecule has 3 heterocycles. The van der Waals surface area contributed by atoms with E-state index in [0.717, 1.165) is 22.3 Å². The average molecular weight is 513 g/mol. The van der Waals surface area contributed by atoms with E-state index in [2.05, 4.69) is 25.8 Å². The number of hydrogen-bond donors (Lipinski definition) is 3. The smallest absolute Gasteiger partial charge is 0.267 e. The molecule has 0 atom stereocenters. The van der Waals surface area contributed by atoms with Crippen molar-refractivity contribution in [2.45, 2.75) is 13.5 Å². The van der Waals surface area contributed by atoms with Crippen LogP contribution in [-0.4, -0.2) is 26.9 Å². The van der Waals surface area contributed by atoms with E-state index in [1.165, 1.54) is 6.92 Å². The Kier molecular flexibility index (Phi) is 6.89. The van der Waals surface area contributed by atoms with Crippen LogP contribution in [0.4, 0.5) is 0 Å². The number of fused-ring (bicyclic) bond motifs is 1. The van der Waals surface area contributed by atoms with Crippen LogP contribution in [0.1, 0.15) is 23.0 Å². The summed E-state index contributed by atoms with van der Waals surface area (Å²) in [5.41, 5.74) is 8.63. The van der Waals surface area contributed by atoms with Crippen LogP contribution in [0.3, 0.4) is 0 Å². The molecule has 0 bridgehead atoms. The first-order chi connectivity index (χ1) is 18.0. The van der Waals surface area contributed by atoms with Gasteiger partial charge in [-0.05, 0) is 35.0 Å². The van der Waals surface area contributed by atoms with E-state index in [1.54, 1.807) is 24.5 Å². The fraction of sp³-hybridized carbons (Fsp3) is 0.0741. The van der Waals surface area contributed by atoms with Gasteiger partial charge in [-0.15, -0.1) is 4.94 Å². The highest BCUT2D eigenvalue weighted by Gasteiger charge is 2.14. The van der Waals surface area contributed by atoms with Crippen molar-refractivity contribution in [2.75, 3.05) is 0 Å². The summed E-state index contributed by atoms with van der Waals surface area (Å²) in [5.74, 6) is 0.0715. The van der Waals surface area contributed by atoms with Gasteiger partial charge in [0, 0.05) is 41.9 Å². The lowest BCUT2D eigenvalue weighted by atomic mass is 9.99. The van der Waals surface area contributed by atoms with Crippen molar-refractivity contribution in [3.8, 4) is 33.6 Å². The summed E-state index contributed by atoms with van der Waals surface area (Å²) < 4.78 is 5.29. The Balaban J connectivity index is 1.38. The number of nitrogens with one attached hydrogen (secondary N) is 3. The summed E-state index contributed by atoms with van der Waals surface area (Å²) in [7, 11) is 0. The molecular formula is C27H21ClN6O3. The molecule has 2 amide bonds. The second kappa shape index (κ2) is 10.6. The van der Waals surface area contributed by atoms with Gasteiger partial charge in [-0.25, -0.2) is 4.98 Å². The lowest BCUT2D eigenvalue weighted by Gasteiger charge is -2.10. The molecule has 3 N–H and O–H groups in total. The van der Waals surface area contributed by atoms with Crippen LogP contribution in [0.2, 0.25) is 0 Å². The number of amides is 2. The predicted octanol–water partition coefficient (Wildman–Crippen LogP) is 4.64. The van der Waals surface area contributed by atoms with E-state index in [9.17, 15) is 9.59 Å². The maximum absolute atomic E-state index is 12.5. The molecule has 0 fully saturated rings. The summed E-state index contributed by atoms with van der Waals surface area (Å²) in [5, 5.41) is 7.40. The monoisotopic (exact) mass is 512 g/mol. The molecule has 0 aliphatic carbocycles. The molecule has 0 aliphatic heterocycles. The third-order valence-corrected chi connectivity index (χ3v) is 5.88. The number of benzene rings is 2. The Morgan fingerprint density at radius 1 is 0.892 bits per heavy atom. The minimum Gasteiger partial charge on any atom is -0.359 e. The van der Waals surface area contributed by atoms with Crippen LogP contribution in [0.5, 0.6) is 0 Å². The Bertz CT molecular complexity index is 1580. The first-order valence-corrected chi connectivity index (χ1v) is 11.7. The number of rotatable bonds is 7. The molecule has 9 nitrogen and oxygen atoms in total. The molecule has 0 radical (unpaired) electrons. The third kappa shape index (κ3) is 5.32. The zero-order valence-electron chi connectivity index (χ0n) is 19.7. The number of aromatic nitrogens is 3. The Labute approximate surface area is 217 Å². The van der Waals surface area contributed by atoms with Crippen molar-refractivity contribution < 1.29 is 14.1 Å². The molecule has 2 aromatic carbocycles. The van der Waals surface area contributed by atoms with Gasteiger partial charge in [0.1, 0.15) is 5.69 Å². The molecule has 0 saturated carbocycles. The van der Waals surface area contributed by atoms with Crippen LogP contribution in [0.25, 0.3) is 44.5 Å². The second-order valence-corrected chi connectivity index (χ2v) is 8.43. The van der Waals surface area contributed by atoms with E-state index in [1.807, 2.05) is 54.6 Å². The van der Waals surface area contributed by atoms with Gasteiger partial charge in [-0.3, -0.25) is 20.0 Å². The van der Waals surface area contributed by atoms with Crippen molar-refractivity contribution >= 4 is 34.5 Å². The lowest BCUT2D eigenvalue weighted by molar-refractivity contribution is -0.119. The molecule has 0 spiro atoms. The molecule has 184 valence electrons. The summed E-state index contributed by atoms with van der Waals surface area (Å²) in [4.78, 5) is 34.6. The van der Waals surface area contributed by atoms with E-state index in [-0.39, 0.29) is 11.8 Å². The molecular weight excluding hydrogens is 492 g/mol. The van der Waals surface area contributed by atoms with Crippen LogP contribution >= 0.6 is 11.8 Å². The molecule has 5 aromatic rings. The largest absolute Gasteiger partial charge is 0.359 e. The highest BCUT2D eigenvalue weighted by molar-refractivity contribution is 6.15. The van der Waals surface area contributed by atoms with Gasteiger partial charge in [0.05, 0.1) is 23.3 Å². The first-order valence-electron chi connectivity index (χ1n) is 11.3. The van der Waals surface area contributed by atoms with Crippen molar-refractivity contribution in [1.82, 2.24) is 30.8 Å². The van der Waals surface area contributed by atoms with E-state index in [4.69, 9.17) is 21.3 Å². The fourth-order valence-corrected chi connectivity index (χ4v) is 4.01. The molecule has 5 rings (SSSR count). The zero-order valence-corrected chi connectivity index (χ0v) is 20.4. The van der Waals surface area contributed by atoms with E-state index >= 15 is 0 Å². The van der Waals surface area contributed by atoms with E-state index in [0.29, 0.717) is 40.2 Å². The highest BCUT2D eigenvalue weighted by Crippen LogP contribution is 2.29. The first kappa shape index (κ1) is 24.1. The number of carbonyl (C=O) groups excluding carboxylic acids is 2. The minimum atomic E-state index is -0.386. The van der Waals surface area contributed by atoms with Crippen LogP contribution in [0, 0.1) is 0 Å². The molecule has 37 heavy (non-hydrogen) atoms. The quantitative estimate of drug-likeness (QED) is 0.214. The number of pyridine rings is 2. The van der Waals surface area contributed by atoms with Gasteiger partial charge in [0.25, 0.3) is 5.91 Å². The van der Waals surface area contributed by atoms with Gasteiger partial charge >= 0.3 is 0 Å². The van der Waals surface area contributed by atoms with Gasteiger partial charge in [0.2, 0.25) is 5.91 Å². The standard InChI is InChI=1S/C27H21ClN6O3/c1-16(35)30-14-21-12-26(33-37-21)20-8-4-18(5-9-20)17-2-6-19(7-3-17)25-13-22(27(36)32-34-28)23-15-29-11-10-24(23)31-25/h2-13,15,34H,14H2,1H3,(H,30,35)(H,32,36). The summed E-state index contributed by atoms with van der Waals surface area (Å²) >= 11 is 5.46. The predicted molar refractivity (Wildman–Crippen MR) is 140 cm³/mol. The minimum absolute atomic E-state index is 0.128. The molecule has 0 saturated heterocycles. The summed E-state index contributed by atoms with van der Waals surface area (Å²) in [6, 6.07) is 21.2. The van der Waals surface area contributed by atoms with Crippen LogP contribution in [0.15, 0.2) is 83.6 Å². The maximum Gasteiger partial charge on any atom is 0.267 e. The van der Waals surface area contributed by atoms with Crippen LogP contribution < -0.4 is 15.7 Å². The summed E-state index contributed by atoms with van der Waals surface area (Å²) in [6.45, 7) is 1.75. The highest BCUT2D eigenvalue weighted by atomic mass is 35.5. The van der Waals surface area contributed by atoms with Gasteiger partial charge < -0.3 is 9.84 Å². The SMILES string of the molecule is CC(=O)NCc1cc(-c2ccc(-c3ccc(-c4cc(C(=O)NNCl)c5cnccc5n4)cc3)cc2)no1. The fourth-order valence-electron chi connectivity index (χ4n) is 3.93. The Morgan fingerprint density at radius 3 is 2.19 bits per heavy atom. The van der Waals surface area contributed by atoms with E-state index < -0.39 is 0 Å². The van der Waals surface area contributed by atoms with Crippen molar-refractivity contribution in [1.29, 1.82) is 0 Å². The topological polar surface area (TPSA) is 122 Å². The summed E-state index contributed by atoms with van der Waals surface area (Å²) in [6.07, 6.45) is 3.24. The molecule has 0 unspecified atom stereocenters. The average Bonchev–Trinajstić information content (AvgIpc) is 3.41. The molecule has 0 aliphatic rings. The zero-order chi connectivity index (χ0) is 25.8. The Morgan fingerprint density at radius 2 is 1.54 bits per heavy atom. The molecule has 10 heteroatoms. The maximum atomic E-state index is 12.5. The van der Waals surface area contributed by atoms with Gasteiger partial charge in [-0.1, -0.05) is 53.7 Å². The lowest BCUT2D eigenvalue weighted by Crippen LogP contribution is -2.30. The van der Waals surface area contributed by atoms with Crippen molar-refractivity contribution in [3.05, 3.63) is 90.4 Å². The Hall–Kier alpha value is -4.60. The third-order valence-electron chi connectivity index (χ3n) is 5.78. The van der Waals surface area contributed by atoms with Gasteiger partial charge in [0.15, 0.2) is 5.76 Å². The number of halogens is 1. The van der Waals surface area contributed by atoms with Gasteiger partial charge in [-0.2, -0.15) is 0 Å². The second-order valence-electron chi connectivity index (χ2n) is 8.24. The molecule has 3 aromatic heterocycles. The van der Waals surface area contributed by atoms with Crippen molar-refractivity contribution in [3.63, 3.8) is 0 Å². The van der Waals surface area contributed by atoms with Crippen LogP contribution in [-0.2, 0) is 11.3 Å². The van der Waals surface area contributed by atoms with Crippen molar-refractivity contribution in [2.24, 2.45) is 0 Å². The number of carbonyl (C=O) groups is 2. The number of hydrazine groups is 1.